The molecule has 1 unspecified atom stereocenters. The Labute approximate surface area is 241 Å². The molecular formula is C27H39N3O4S4. The van der Waals surface area contributed by atoms with Crippen molar-refractivity contribution in [3.05, 3.63) is 29.8 Å². The fraction of sp³-hybridized carbons (Fsp3) is 0.667. The maximum absolute atomic E-state index is 13.9. The monoisotopic (exact) mass is 597 g/mol. The van der Waals surface area contributed by atoms with Crippen LogP contribution in [0.25, 0.3) is 0 Å². The molecule has 0 aromatic heterocycles. The zero-order valence-electron chi connectivity index (χ0n) is 22.5. The van der Waals surface area contributed by atoms with Crippen molar-refractivity contribution >= 4 is 61.7 Å². The molecule has 1 spiro atoms. The molecule has 38 heavy (non-hydrogen) atoms. The van der Waals surface area contributed by atoms with Gasteiger partial charge in [-0.15, -0.1) is 11.8 Å². The summed E-state index contributed by atoms with van der Waals surface area (Å²) in [5.41, 5.74) is 0.960. The Kier molecular flexibility index (Phi) is 9.42. The molecule has 3 aliphatic rings. The molecule has 210 valence electrons. The van der Waals surface area contributed by atoms with E-state index in [0.717, 1.165) is 67.9 Å². The first-order valence-electron chi connectivity index (χ1n) is 13.5. The molecule has 1 aromatic rings. The topological polar surface area (TPSA) is 86.8 Å². The molecule has 3 fully saturated rings. The average molecular weight is 598 g/mol. The smallest absolute Gasteiger partial charge is 0.245 e. The number of carbonyl (C=O) groups excluding carboxylic acids is 2. The number of hydrogen-bond acceptors (Lipinski definition) is 7. The lowest BCUT2D eigenvalue weighted by molar-refractivity contribution is -0.142. The number of piperidine rings is 1. The summed E-state index contributed by atoms with van der Waals surface area (Å²) in [5.74, 6) is -0.845. The lowest BCUT2D eigenvalue weighted by atomic mass is 9.90. The Hall–Kier alpha value is -1.30. The van der Waals surface area contributed by atoms with Crippen molar-refractivity contribution in [1.82, 2.24) is 15.1 Å². The van der Waals surface area contributed by atoms with Gasteiger partial charge in [0.05, 0.1) is 15.5 Å². The lowest BCUT2D eigenvalue weighted by Crippen LogP contribution is -2.59. The molecule has 4 rings (SSSR count). The molecule has 1 atom stereocenters. The molecule has 1 N–H and O–H groups in total. The van der Waals surface area contributed by atoms with E-state index in [-0.39, 0.29) is 16.6 Å². The Morgan fingerprint density at radius 2 is 1.66 bits per heavy atom. The van der Waals surface area contributed by atoms with Crippen LogP contribution in [0.4, 0.5) is 0 Å². The second-order valence-corrected chi connectivity index (χ2v) is 16.7. The Balaban J connectivity index is 1.52. The Morgan fingerprint density at radius 1 is 1.05 bits per heavy atom. The number of thioether (sulfide) groups is 2. The number of sulfone groups is 1. The summed E-state index contributed by atoms with van der Waals surface area (Å²) >= 11 is 8.73. The van der Waals surface area contributed by atoms with Crippen LogP contribution >= 0.6 is 35.7 Å². The fourth-order valence-electron chi connectivity index (χ4n) is 5.84. The van der Waals surface area contributed by atoms with Crippen molar-refractivity contribution < 1.29 is 18.0 Å². The minimum Gasteiger partial charge on any atom is -0.358 e. The zero-order chi connectivity index (χ0) is 27.6. The average Bonchev–Trinajstić information content (AvgIpc) is 3.12. The van der Waals surface area contributed by atoms with Crippen LogP contribution in [0.3, 0.4) is 0 Å². The number of rotatable bonds is 6. The van der Waals surface area contributed by atoms with Crippen molar-refractivity contribution in [3.63, 3.8) is 0 Å². The number of thiocarbonyl (C=S) groups is 1. The number of nitrogens with zero attached hydrogens (tertiary/aromatic N) is 2. The van der Waals surface area contributed by atoms with Crippen LogP contribution in [-0.4, -0.2) is 74.7 Å². The first-order chi connectivity index (χ1) is 18.0. The van der Waals surface area contributed by atoms with Gasteiger partial charge in [0.2, 0.25) is 11.8 Å². The van der Waals surface area contributed by atoms with Crippen LogP contribution in [0, 0.1) is 6.92 Å². The fourth-order valence-corrected chi connectivity index (χ4v) is 10.1. The Bertz CT molecular complexity index is 1140. The van der Waals surface area contributed by atoms with E-state index in [1.54, 1.807) is 40.9 Å². The highest BCUT2D eigenvalue weighted by Crippen LogP contribution is 2.57. The number of likely N-dealkylation sites (tertiary alicyclic amines) is 1. The molecule has 2 aliphatic heterocycles. The zero-order valence-corrected chi connectivity index (χ0v) is 25.8. The number of nitrogens with one attached hydrogen (secondary N) is 1. The molecule has 0 radical (unpaired) electrons. The van der Waals surface area contributed by atoms with E-state index in [1.165, 1.54) is 18.2 Å². The molecular weight excluding hydrogens is 559 g/mol. The van der Waals surface area contributed by atoms with Crippen molar-refractivity contribution in [1.29, 1.82) is 0 Å². The van der Waals surface area contributed by atoms with Gasteiger partial charge in [0.25, 0.3) is 0 Å². The molecule has 7 nitrogen and oxygen atoms in total. The molecule has 1 aromatic carbocycles. The van der Waals surface area contributed by atoms with E-state index in [1.807, 2.05) is 20.8 Å². The molecule has 0 bridgehead atoms. The third kappa shape index (κ3) is 6.53. The highest BCUT2D eigenvalue weighted by atomic mass is 32.2. The van der Waals surface area contributed by atoms with Crippen molar-refractivity contribution in [3.8, 4) is 0 Å². The van der Waals surface area contributed by atoms with Gasteiger partial charge in [-0.25, -0.2) is 8.42 Å². The van der Waals surface area contributed by atoms with Crippen molar-refractivity contribution in [2.24, 2.45) is 0 Å². The first kappa shape index (κ1) is 29.7. The quantitative estimate of drug-likeness (QED) is 0.471. The van der Waals surface area contributed by atoms with Gasteiger partial charge in [-0.3, -0.25) is 9.59 Å². The molecule has 2 saturated heterocycles. The molecule has 2 heterocycles. The molecule has 11 heteroatoms. The van der Waals surface area contributed by atoms with Gasteiger partial charge in [-0.2, -0.15) is 0 Å². The maximum atomic E-state index is 13.9. The summed E-state index contributed by atoms with van der Waals surface area (Å²) in [6.07, 6.45) is 8.22. The van der Waals surface area contributed by atoms with Crippen molar-refractivity contribution in [2.75, 3.05) is 24.7 Å². The second kappa shape index (κ2) is 12.1. The summed E-state index contributed by atoms with van der Waals surface area (Å²) in [7, 11) is -3.71. The number of carbonyl (C=O) groups is 2. The third-order valence-corrected chi connectivity index (χ3v) is 12.5. The minimum atomic E-state index is -3.71. The van der Waals surface area contributed by atoms with E-state index < -0.39 is 37.3 Å². The van der Waals surface area contributed by atoms with E-state index in [0.29, 0.717) is 0 Å². The summed E-state index contributed by atoms with van der Waals surface area (Å²) in [6, 6.07) is 5.83. The van der Waals surface area contributed by atoms with E-state index in [2.05, 4.69) is 10.2 Å². The highest BCUT2D eigenvalue weighted by Gasteiger charge is 2.60. The SMILES string of the molecule is Cc1ccc(S(=O)(=O)CNC(=O)C2N(C(=O)CSC(=S)N3CCCCC3)C3(CCCCC3)SC2(C)C)cc1. The number of benzene rings is 1. The lowest BCUT2D eigenvalue weighted by Gasteiger charge is -2.42. The van der Waals surface area contributed by atoms with Crippen LogP contribution in [0.1, 0.15) is 70.8 Å². The number of amides is 2. The van der Waals surface area contributed by atoms with Crippen LogP contribution in [0.15, 0.2) is 29.2 Å². The first-order valence-corrected chi connectivity index (χ1v) is 17.3. The summed E-state index contributed by atoms with van der Waals surface area (Å²) in [6.45, 7) is 7.73. The summed E-state index contributed by atoms with van der Waals surface area (Å²) < 4.78 is 26.1. The van der Waals surface area contributed by atoms with Gasteiger partial charge in [-0.1, -0.05) is 60.9 Å². The third-order valence-electron chi connectivity index (χ3n) is 7.71. The van der Waals surface area contributed by atoms with Gasteiger partial charge < -0.3 is 15.1 Å². The van der Waals surface area contributed by atoms with Crippen LogP contribution in [0.2, 0.25) is 0 Å². The standard InChI is InChI=1S/C27H39N3O4S4/c1-20-10-12-21(13-11-20)38(33,34)19-28-24(32)23-26(2,3)37-27(14-6-4-7-15-27)30(23)22(31)18-36-25(35)29-16-8-5-9-17-29/h10-13,23H,4-9,14-19H2,1-3H3,(H,28,32). The second-order valence-electron chi connectivity index (χ2n) is 11.1. The van der Waals surface area contributed by atoms with Crippen LogP contribution in [0.5, 0.6) is 0 Å². The minimum absolute atomic E-state index is 0.101. The van der Waals surface area contributed by atoms with E-state index in [4.69, 9.17) is 12.2 Å². The summed E-state index contributed by atoms with van der Waals surface area (Å²) in [4.78, 5) is 31.3. The van der Waals surface area contributed by atoms with Gasteiger partial charge in [0.1, 0.15) is 16.2 Å². The number of aryl methyl sites for hydroxylation is 1. The normalized spacial score (nSPS) is 22.9. The predicted octanol–water partition coefficient (Wildman–Crippen LogP) is 4.73. The molecule has 1 saturated carbocycles. The molecule has 2 amide bonds. The maximum Gasteiger partial charge on any atom is 0.245 e. The van der Waals surface area contributed by atoms with E-state index >= 15 is 0 Å². The highest BCUT2D eigenvalue weighted by molar-refractivity contribution is 8.23. The van der Waals surface area contributed by atoms with Crippen LogP contribution in [-0.2, 0) is 19.4 Å². The van der Waals surface area contributed by atoms with Gasteiger partial charge in [0, 0.05) is 17.8 Å². The number of hydrogen-bond donors (Lipinski definition) is 1. The predicted molar refractivity (Wildman–Crippen MR) is 160 cm³/mol. The van der Waals surface area contributed by atoms with Gasteiger partial charge in [-0.05, 0) is 65.0 Å². The summed E-state index contributed by atoms with van der Waals surface area (Å²) in [5, 5.41) is 2.68. The largest absolute Gasteiger partial charge is 0.358 e. The van der Waals surface area contributed by atoms with Crippen molar-refractivity contribution in [2.45, 2.75) is 92.7 Å². The van der Waals surface area contributed by atoms with Crippen LogP contribution < -0.4 is 5.32 Å². The Morgan fingerprint density at radius 3 is 2.29 bits per heavy atom. The molecule has 1 aliphatic carbocycles. The van der Waals surface area contributed by atoms with E-state index in [9.17, 15) is 18.0 Å². The van der Waals surface area contributed by atoms with Gasteiger partial charge in [0.15, 0.2) is 9.84 Å². The van der Waals surface area contributed by atoms with Gasteiger partial charge >= 0.3 is 0 Å².